The molecule has 20 heavy (non-hydrogen) atoms. The van der Waals surface area contributed by atoms with Gasteiger partial charge in [-0.05, 0) is 12.1 Å². The summed E-state index contributed by atoms with van der Waals surface area (Å²) in [6, 6.07) is 6.07. The van der Waals surface area contributed by atoms with E-state index in [4.69, 9.17) is 4.42 Å². The molecule has 0 atom stereocenters. The molecular formula is C14H19N5O. The van der Waals surface area contributed by atoms with Gasteiger partial charge >= 0.3 is 0 Å². The summed E-state index contributed by atoms with van der Waals surface area (Å²) in [5, 5.41) is 7.91. The van der Waals surface area contributed by atoms with Crippen molar-refractivity contribution in [1.82, 2.24) is 25.0 Å². The van der Waals surface area contributed by atoms with E-state index in [1.54, 1.807) is 0 Å². The predicted octanol–water partition coefficient (Wildman–Crippen LogP) is 1.09. The molecule has 0 unspecified atom stereocenters. The van der Waals surface area contributed by atoms with E-state index in [9.17, 15) is 0 Å². The molecule has 0 bridgehead atoms. The van der Waals surface area contributed by atoms with Gasteiger partial charge in [0.2, 0.25) is 11.8 Å². The molecule has 0 radical (unpaired) electrons. The Balaban J connectivity index is 1.47. The number of piperazine rings is 1. The Morgan fingerprint density at radius 2 is 1.80 bits per heavy atom. The van der Waals surface area contributed by atoms with E-state index in [0.29, 0.717) is 11.8 Å². The van der Waals surface area contributed by atoms with Crippen molar-refractivity contribution < 1.29 is 4.42 Å². The molecule has 2 aromatic rings. The molecule has 6 heteroatoms. The van der Waals surface area contributed by atoms with Crippen LogP contribution in [0, 0.1) is 6.92 Å². The Labute approximate surface area is 118 Å². The van der Waals surface area contributed by atoms with Crippen molar-refractivity contribution in [1.29, 1.82) is 0 Å². The smallest absolute Gasteiger partial charge is 0.230 e. The first-order valence-corrected chi connectivity index (χ1v) is 6.93. The van der Waals surface area contributed by atoms with E-state index >= 15 is 0 Å². The summed E-state index contributed by atoms with van der Waals surface area (Å²) < 4.78 is 5.42. The van der Waals surface area contributed by atoms with Crippen LogP contribution in [0.1, 0.15) is 17.5 Å². The summed E-state index contributed by atoms with van der Waals surface area (Å²) in [5.74, 6) is 1.34. The highest BCUT2D eigenvalue weighted by atomic mass is 16.4. The van der Waals surface area contributed by atoms with Crippen LogP contribution in [0.2, 0.25) is 0 Å². The topological polar surface area (TPSA) is 58.3 Å². The summed E-state index contributed by atoms with van der Waals surface area (Å²) in [5.41, 5.74) is 1.13. The third-order valence-corrected chi connectivity index (χ3v) is 3.50. The number of hydrogen-bond donors (Lipinski definition) is 0. The molecule has 1 fully saturated rings. The van der Waals surface area contributed by atoms with E-state index in [1.807, 2.05) is 25.3 Å². The number of nitrogens with zero attached hydrogens (tertiary/aromatic N) is 5. The van der Waals surface area contributed by atoms with Crippen molar-refractivity contribution in [3.63, 3.8) is 0 Å². The van der Waals surface area contributed by atoms with Crippen molar-refractivity contribution in [2.75, 3.05) is 26.2 Å². The number of hydrogen-bond acceptors (Lipinski definition) is 6. The molecule has 1 aliphatic heterocycles. The fraction of sp³-hybridized carbons (Fsp3) is 0.500. The highest BCUT2D eigenvalue weighted by molar-refractivity contribution is 5.03. The van der Waals surface area contributed by atoms with Crippen LogP contribution in [0.3, 0.4) is 0 Å². The minimum Gasteiger partial charge on any atom is -0.424 e. The zero-order chi connectivity index (χ0) is 13.8. The van der Waals surface area contributed by atoms with E-state index in [-0.39, 0.29) is 0 Å². The largest absolute Gasteiger partial charge is 0.424 e. The lowest BCUT2D eigenvalue weighted by Gasteiger charge is -2.33. The van der Waals surface area contributed by atoms with Gasteiger partial charge in [-0.1, -0.05) is 6.07 Å². The van der Waals surface area contributed by atoms with Crippen LogP contribution in [0.25, 0.3) is 0 Å². The number of rotatable bonds is 4. The maximum atomic E-state index is 5.42. The molecule has 2 aromatic heterocycles. The summed E-state index contributed by atoms with van der Waals surface area (Å²) in [7, 11) is 0. The lowest BCUT2D eigenvalue weighted by atomic mass is 10.2. The highest BCUT2D eigenvalue weighted by Gasteiger charge is 2.19. The van der Waals surface area contributed by atoms with Crippen molar-refractivity contribution in [2.45, 2.75) is 20.0 Å². The van der Waals surface area contributed by atoms with E-state index in [1.165, 1.54) is 0 Å². The second kappa shape index (κ2) is 6.11. The number of aryl methyl sites for hydroxylation is 1. The van der Waals surface area contributed by atoms with Crippen LogP contribution >= 0.6 is 0 Å². The molecule has 3 rings (SSSR count). The Morgan fingerprint density at radius 3 is 2.40 bits per heavy atom. The summed E-state index contributed by atoms with van der Waals surface area (Å²) in [6.45, 7) is 7.63. The van der Waals surface area contributed by atoms with Gasteiger partial charge in [-0.15, -0.1) is 10.2 Å². The first kappa shape index (κ1) is 13.2. The van der Waals surface area contributed by atoms with Gasteiger partial charge in [0.15, 0.2) is 0 Å². The third kappa shape index (κ3) is 3.40. The first-order valence-electron chi connectivity index (χ1n) is 6.93. The van der Waals surface area contributed by atoms with Crippen LogP contribution < -0.4 is 0 Å². The molecule has 3 heterocycles. The second-order valence-corrected chi connectivity index (χ2v) is 5.09. The molecular weight excluding hydrogens is 254 g/mol. The molecule has 0 amide bonds. The van der Waals surface area contributed by atoms with Gasteiger partial charge in [0.25, 0.3) is 0 Å². The van der Waals surface area contributed by atoms with Crippen molar-refractivity contribution in [3.8, 4) is 0 Å². The van der Waals surface area contributed by atoms with E-state index in [0.717, 1.165) is 45.0 Å². The van der Waals surface area contributed by atoms with Gasteiger partial charge in [0.1, 0.15) is 0 Å². The summed E-state index contributed by atoms with van der Waals surface area (Å²) >= 11 is 0. The van der Waals surface area contributed by atoms with Crippen molar-refractivity contribution in [2.24, 2.45) is 0 Å². The fourth-order valence-corrected chi connectivity index (χ4v) is 2.42. The van der Waals surface area contributed by atoms with Crippen LogP contribution in [0.5, 0.6) is 0 Å². The number of pyridine rings is 1. The van der Waals surface area contributed by atoms with Crippen molar-refractivity contribution >= 4 is 0 Å². The monoisotopic (exact) mass is 273 g/mol. The predicted molar refractivity (Wildman–Crippen MR) is 73.8 cm³/mol. The minimum atomic E-state index is 0.633. The number of aromatic nitrogens is 3. The molecule has 0 spiro atoms. The fourth-order valence-electron chi connectivity index (χ4n) is 2.42. The average Bonchev–Trinajstić information content (AvgIpc) is 2.88. The summed E-state index contributed by atoms with van der Waals surface area (Å²) in [6.07, 6.45) is 1.85. The average molecular weight is 273 g/mol. The molecule has 0 N–H and O–H groups in total. The van der Waals surface area contributed by atoms with E-state index in [2.05, 4.69) is 31.0 Å². The van der Waals surface area contributed by atoms with Gasteiger partial charge in [-0.2, -0.15) is 0 Å². The molecule has 106 valence electrons. The maximum Gasteiger partial charge on any atom is 0.230 e. The van der Waals surface area contributed by atoms with Gasteiger partial charge < -0.3 is 4.42 Å². The van der Waals surface area contributed by atoms with Crippen molar-refractivity contribution in [3.05, 3.63) is 41.9 Å². The molecule has 0 saturated carbocycles. The third-order valence-electron chi connectivity index (χ3n) is 3.50. The van der Waals surface area contributed by atoms with Gasteiger partial charge in [0, 0.05) is 45.8 Å². The lowest BCUT2D eigenvalue weighted by molar-refractivity contribution is 0.113. The Morgan fingerprint density at radius 1 is 1.05 bits per heavy atom. The minimum absolute atomic E-state index is 0.633. The zero-order valence-electron chi connectivity index (χ0n) is 11.7. The van der Waals surface area contributed by atoms with Crippen LogP contribution in [-0.2, 0) is 13.1 Å². The van der Waals surface area contributed by atoms with Gasteiger partial charge in [-0.25, -0.2) is 0 Å². The SMILES string of the molecule is Cc1nnc(CN2CCN(Cc3ccccn3)CC2)o1. The quantitative estimate of drug-likeness (QED) is 0.831. The maximum absolute atomic E-state index is 5.42. The molecule has 0 aliphatic carbocycles. The van der Waals surface area contributed by atoms with E-state index < -0.39 is 0 Å². The first-order chi connectivity index (χ1) is 9.79. The molecule has 1 aliphatic rings. The van der Waals surface area contributed by atoms with Gasteiger partial charge in [-0.3, -0.25) is 14.8 Å². The van der Waals surface area contributed by atoms with Crippen LogP contribution in [0.4, 0.5) is 0 Å². The molecule has 0 aromatic carbocycles. The standard InChI is InChI=1S/C14H19N5O/c1-12-16-17-14(20-12)11-19-8-6-18(7-9-19)10-13-4-2-3-5-15-13/h2-5H,6-11H2,1H3. The Hall–Kier alpha value is -1.79. The Kier molecular flexibility index (Phi) is 4.03. The zero-order valence-corrected chi connectivity index (χ0v) is 11.7. The Bertz CT molecular complexity index is 534. The van der Waals surface area contributed by atoms with Crippen LogP contribution in [0.15, 0.2) is 28.8 Å². The summed E-state index contributed by atoms with van der Waals surface area (Å²) in [4.78, 5) is 9.15. The van der Waals surface area contributed by atoms with Gasteiger partial charge in [0.05, 0.1) is 12.2 Å². The lowest BCUT2D eigenvalue weighted by Crippen LogP contribution is -2.45. The van der Waals surface area contributed by atoms with Crippen LogP contribution in [-0.4, -0.2) is 51.2 Å². The molecule has 1 saturated heterocycles. The molecule has 6 nitrogen and oxygen atoms in total. The normalized spacial score (nSPS) is 17.4. The second-order valence-electron chi connectivity index (χ2n) is 5.09. The highest BCUT2D eigenvalue weighted by Crippen LogP contribution is 2.09.